The summed E-state index contributed by atoms with van der Waals surface area (Å²) in [6.45, 7) is 5.23. The van der Waals surface area contributed by atoms with Gasteiger partial charge in [-0.15, -0.1) is 0 Å². The topological polar surface area (TPSA) is 17.3 Å². The highest BCUT2D eigenvalue weighted by molar-refractivity contribution is 5.47. The first-order valence-corrected chi connectivity index (χ1v) is 4.83. The van der Waals surface area contributed by atoms with Crippen LogP contribution < -0.4 is 10.2 Å². The van der Waals surface area contributed by atoms with Crippen molar-refractivity contribution in [1.82, 2.24) is 5.32 Å². The normalized spacial score (nSPS) is 23.2. The largest absolute Gasteiger partial charge is 0.366 e. The van der Waals surface area contributed by atoms with E-state index in [4.69, 9.17) is 0 Å². The van der Waals surface area contributed by atoms with Gasteiger partial charge in [-0.1, -0.05) is 18.2 Å². The zero-order valence-electron chi connectivity index (χ0n) is 7.98. The minimum atomic E-state index is 0.552. The lowest BCUT2D eigenvalue weighted by atomic mass is 10.2. The Hall–Kier alpha value is -1.02. The van der Waals surface area contributed by atoms with Crippen molar-refractivity contribution in [3.8, 4) is 0 Å². The van der Waals surface area contributed by atoms with E-state index < -0.39 is 0 Å². The van der Waals surface area contributed by atoms with Crippen molar-refractivity contribution >= 4 is 5.69 Å². The van der Waals surface area contributed by atoms with E-state index in [-0.39, 0.29) is 0 Å². The molecule has 1 aromatic rings. The molecular weight excluding hydrogens is 160 g/mol. The SMILES string of the molecule is CC1C[N]CCN1c1ccccc1. The fourth-order valence-electron chi connectivity index (χ4n) is 1.78. The number of hydrogen-bond donors (Lipinski definition) is 0. The van der Waals surface area contributed by atoms with E-state index in [0.717, 1.165) is 19.6 Å². The Morgan fingerprint density at radius 1 is 1.31 bits per heavy atom. The maximum absolute atomic E-state index is 4.39. The first kappa shape index (κ1) is 8.57. The maximum Gasteiger partial charge on any atom is 0.0403 e. The number of para-hydroxylation sites is 1. The van der Waals surface area contributed by atoms with Crippen molar-refractivity contribution < 1.29 is 0 Å². The zero-order chi connectivity index (χ0) is 9.10. The second-order valence-corrected chi connectivity index (χ2v) is 3.51. The van der Waals surface area contributed by atoms with Crippen molar-refractivity contribution in [2.75, 3.05) is 24.5 Å². The molecule has 1 unspecified atom stereocenters. The quantitative estimate of drug-likeness (QED) is 0.632. The van der Waals surface area contributed by atoms with E-state index in [9.17, 15) is 0 Å². The first-order chi connectivity index (χ1) is 6.38. The minimum Gasteiger partial charge on any atom is -0.366 e. The summed E-state index contributed by atoms with van der Waals surface area (Å²) in [4.78, 5) is 2.42. The maximum atomic E-state index is 4.39. The average Bonchev–Trinajstić information content (AvgIpc) is 2.20. The van der Waals surface area contributed by atoms with Gasteiger partial charge in [0.1, 0.15) is 0 Å². The summed E-state index contributed by atoms with van der Waals surface area (Å²) in [5.74, 6) is 0. The molecule has 0 spiro atoms. The summed E-state index contributed by atoms with van der Waals surface area (Å²) < 4.78 is 0. The lowest BCUT2D eigenvalue weighted by Gasteiger charge is -2.35. The molecule has 2 heteroatoms. The van der Waals surface area contributed by atoms with Gasteiger partial charge in [0.15, 0.2) is 0 Å². The number of benzene rings is 1. The molecule has 1 fully saturated rings. The third-order valence-electron chi connectivity index (χ3n) is 2.51. The molecule has 1 saturated heterocycles. The number of hydrogen-bond acceptors (Lipinski definition) is 1. The summed E-state index contributed by atoms with van der Waals surface area (Å²) >= 11 is 0. The Morgan fingerprint density at radius 2 is 2.08 bits per heavy atom. The fourth-order valence-corrected chi connectivity index (χ4v) is 1.78. The molecule has 2 nitrogen and oxygen atoms in total. The Labute approximate surface area is 79.6 Å². The Kier molecular flexibility index (Phi) is 2.50. The van der Waals surface area contributed by atoms with Crippen LogP contribution in [0, 0.1) is 0 Å². The summed E-state index contributed by atoms with van der Waals surface area (Å²) in [6, 6.07) is 11.1. The van der Waals surface area contributed by atoms with Crippen molar-refractivity contribution in [2.24, 2.45) is 0 Å². The Balaban J connectivity index is 2.15. The van der Waals surface area contributed by atoms with Gasteiger partial charge in [0.2, 0.25) is 0 Å². The van der Waals surface area contributed by atoms with E-state index in [1.807, 2.05) is 0 Å². The van der Waals surface area contributed by atoms with Gasteiger partial charge in [-0.25, -0.2) is 5.32 Å². The van der Waals surface area contributed by atoms with Crippen molar-refractivity contribution in [2.45, 2.75) is 13.0 Å². The van der Waals surface area contributed by atoms with Crippen LogP contribution in [-0.2, 0) is 0 Å². The van der Waals surface area contributed by atoms with Gasteiger partial charge < -0.3 is 4.90 Å². The fraction of sp³-hybridized carbons (Fsp3) is 0.455. The molecule has 1 aromatic carbocycles. The first-order valence-electron chi connectivity index (χ1n) is 4.83. The molecule has 1 radical (unpaired) electrons. The third-order valence-corrected chi connectivity index (χ3v) is 2.51. The molecule has 2 rings (SSSR count). The van der Waals surface area contributed by atoms with Gasteiger partial charge in [0, 0.05) is 31.4 Å². The third kappa shape index (κ3) is 1.83. The molecule has 0 N–H and O–H groups in total. The van der Waals surface area contributed by atoms with Gasteiger partial charge in [-0.3, -0.25) is 0 Å². The molecule has 69 valence electrons. The molecule has 0 amide bonds. The second kappa shape index (κ2) is 3.79. The average molecular weight is 175 g/mol. The molecule has 13 heavy (non-hydrogen) atoms. The molecule has 0 aliphatic carbocycles. The highest BCUT2D eigenvalue weighted by atomic mass is 15.2. The van der Waals surface area contributed by atoms with Gasteiger partial charge in [0.25, 0.3) is 0 Å². The van der Waals surface area contributed by atoms with Crippen LogP contribution in [0.1, 0.15) is 6.92 Å². The minimum absolute atomic E-state index is 0.552. The Morgan fingerprint density at radius 3 is 2.77 bits per heavy atom. The molecule has 1 aliphatic heterocycles. The predicted octanol–water partition coefficient (Wildman–Crippen LogP) is 1.50. The van der Waals surface area contributed by atoms with Crippen molar-refractivity contribution in [3.63, 3.8) is 0 Å². The van der Waals surface area contributed by atoms with Crippen molar-refractivity contribution in [3.05, 3.63) is 30.3 Å². The van der Waals surface area contributed by atoms with Crippen LogP contribution in [0.3, 0.4) is 0 Å². The van der Waals surface area contributed by atoms with Crippen LogP contribution in [0.2, 0.25) is 0 Å². The van der Waals surface area contributed by atoms with Crippen LogP contribution in [0.5, 0.6) is 0 Å². The Bertz CT molecular complexity index is 258. The van der Waals surface area contributed by atoms with Crippen LogP contribution >= 0.6 is 0 Å². The highest BCUT2D eigenvalue weighted by Crippen LogP contribution is 2.17. The number of piperazine rings is 1. The summed E-state index contributed by atoms with van der Waals surface area (Å²) in [5.41, 5.74) is 1.32. The van der Waals surface area contributed by atoms with E-state index in [0.29, 0.717) is 6.04 Å². The van der Waals surface area contributed by atoms with Crippen LogP contribution in [0.15, 0.2) is 30.3 Å². The predicted molar refractivity (Wildman–Crippen MR) is 55.1 cm³/mol. The van der Waals surface area contributed by atoms with Crippen LogP contribution in [0.4, 0.5) is 5.69 Å². The van der Waals surface area contributed by atoms with E-state index in [2.05, 4.69) is 47.5 Å². The number of rotatable bonds is 1. The van der Waals surface area contributed by atoms with Gasteiger partial charge in [-0.2, -0.15) is 0 Å². The second-order valence-electron chi connectivity index (χ2n) is 3.51. The van der Waals surface area contributed by atoms with Gasteiger partial charge in [0.05, 0.1) is 0 Å². The zero-order valence-corrected chi connectivity index (χ0v) is 7.98. The number of anilines is 1. The lowest BCUT2D eigenvalue weighted by molar-refractivity contribution is 0.493. The summed E-state index contributed by atoms with van der Waals surface area (Å²) in [7, 11) is 0. The molecule has 1 aliphatic rings. The van der Waals surface area contributed by atoms with Crippen LogP contribution in [-0.4, -0.2) is 25.7 Å². The summed E-state index contributed by atoms with van der Waals surface area (Å²) in [6.07, 6.45) is 0. The number of nitrogens with zero attached hydrogens (tertiary/aromatic N) is 2. The molecule has 1 atom stereocenters. The smallest absolute Gasteiger partial charge is 0.0403 e. The lowest BCUT2D eigenvalue weighted by Crippen LogP contribution is -2.47. The monoisotopic (exact) mass is 175 g/mol. The van der Waals surface area contributed by atoms with Gasteiger partial charge in [-0.05, 0) is 19.1 Å². The summed E-state index contributed by atoms with van der Waals surface area (Å²) in [5, 5.41) is 4.39. The highest BCUT2D eigenvalue weighted by Gasteiger charge is 2.17. The van der Waals surface area contributed by atoms with Crippen LogP contribution in [0.25, 0.3) is 0 Å². The molecular formula is C11H15N2. The molecule has 1 heterocycles. The molecule has 0 saturated carbocycles. The van der Waals surface area contributed by atoms with Gasteiger partial charge >= 0.3 is 0 Å². The molecule has 0 aromatic heterocycles. The molecule has 0 bridgehead atoms. The van der Waals surface area contributed by atoms with E-state index in [1.165, 1.54) is 5.69 Å². The van der Waals surface area contributed by atoms with E-state index in [1.54, 1.807) is 0 Å². The standard InChI is InChI=1S/C11H15N2/c1-10-9-12-7-8-13(10)11-5-3-2-4-6-11/h2-6,10H,7-9H2,1H3. The van der Waals surface area contributed by atoms with E-state index >= 15 is 0 Å². The van der Waals surface area contributed by atoms with Crippen molar-refractivity contribution in [1.29, 1.82) is 0 Å².